The number of benzene rings is 1. The molecule has 1 spiro atoms. The van der Waals surface area contributed by atoms with Gasteiger partial charge in [0.2, 0.25) is 5.91 Å². The van der Waals surface area contributed by atoms with Crippen LogP contribution >= 0.6 is 0 Å². The van der Waals surface area contributed by atoms with Gasteiger partial charge in [0, 0.05) is 18.8 Å². The Morgan fingerprint density at radius 2 is 1.96 bits per heavy atom. The number of carbonyl (C=O) groups excluding carboxylic acids is 1. The van der Waals surface area contributed by atoms with Crippen LogP contribution in [-0.4, -0.2) is 30.4 Å². The van der Waals surface area contributed by atoms with Gasteiger partial charge in [-0.05, 0) is 42.9 Å². The molecule has 6 heteroatoms. The molecule has 5 nitrogen and oxygen atoms in total. The van der Waals surface area contributed by atoms with Crippen LogP contribution in [0.1, 0.15) is 43.6 Å². The van der Waals surface area contributed by atoms with Gasteiger partial charge in [-0.2, -0.15) is 5.26 Å². The van der Waals surface area contributed by atoms with Gasteiger partial charge in [-0.1, -0.05) is 12.1 Å². The monoisotopic (exact) mass is 344 g/mol. The predicted octanol–water partition coefficient (Wildman–Crippen LogP) is 2.62. The van der Waals surface area contributed by atoms with Crippen molar-refractivity contribution in [2.45, 2.75) is 49.3 Å². The summed E-state index contributed by atoms with van der Waals surface area (Å²) in [6.45, 7) is 1.17. The average Bonchev–Trinajstić information content (AvgIpc) is 3.31. The van der Waals surface area contributed by atoms with E-state index in [0.29, 0.717) is 45.3 Å². The summed E-state index contributed by atoms with van der Waals surface area (Å²) in [4.78, 5) is 12.6. The Kier molecular flexibility index (Phi) is 4.01. The van der Waals surface area contributed by atoms with Crippen LogP contribution in [-0.2, 0) is 14.3 Å². The van der Waals surface area contributed by atoms with Crippen LogP contribution in [0.3, 0.4) is 0 Å². The van der Waals surface area contributed by atoms with Gasteiger partial charge in [-0.3, -0.25) is 4.79 Å². The van der Waals surface area contributed by atoms with Crippen LogP contribution in [0.15, 0.2) is 24.3 Å². The summed E-state index contributed by atoms with van der Waals surface area (Å²) in [6.07, 6.45) is 2.96. The molecule has 2 atom stereocenters. The highest BCUT2D eigenvalue weighted by Crippen LogP contribution is 2.48. The van der Waals surface area contributed by atoms with Crippen molar-refractivity contribution in [2.24, 2.45) is 5.92 Å². The first kappa shape index (κ1) is 16.5. The van der Waals surface area contributed by atoms with E-state index in [0.717, 1.165) is 5.56 Å². The molecule has 2 aliphatic carbocycles. The van der Waals surface area contributed by atoms with Gasteiger partial charge in [0.15, 0.2) is 5.79 Å². The number of hydrogen-bond donors (Lipinski definition) is 1. The molecule has 1 N–H and O–H groups in total. The first-order valence-electron chi connectivity index (χ1n) is 8.82. The van der Waals surface area contributed by atoms with Crippen molar-refractivity contribution < 1.29 is 18.7 Å². The van der Waals surface area contributed by atoms with Gasteiger partial charge in [0.25, 0.3) is 0 Å². The Morgan fingerprint density at radius 3 is 2.60 bits per heavy atom. The summed E-state index contributed by atoms with van der Waals surface area (Å²) >= 11 is 0. The van der Waals surface area contributed by atoms with E-state index in [2.05, 4.69) is 11.4 Å². The van der Waals surface area contributed by atoms with Crippen LogP contribution in [0.2, 0.25) is 0 Å². The van der Waals surface area contributed by atoms with E-state index in [4.69, 9.17) is 9.47 Å². The van der Waals surface area contributed by atoms with Gasteiger partial charge in [-0.25, -0.2) is 4.39 Å². The maximum Gasteiger partial charge on any atom is 0.224 e. The third-order valence-corrected chi connectivity index (χ3v) is 5.66. The summed E-state index contributed by atoms with van der Waals surface area (Å²) in [7, 11) is 0. The molecule has 1 aromatic rings. The number of amides is 1. The molecule has 132 valence electrons. The molecular formula is C19H21FN2O3. The lowest BCUT2D eigenvalue weighted by molar-refractivity contribution is -0.183. The quantitative estimate of drug-likeness (QED) is 0.915. The van der Waals surface area contributed by atoms with Crippen molar-refractivity contribution in [3.63, 3.8) is 0 Å². The third kappa shape index (κ3) is 3.14. The maximum atomic E-state index is 13.3. The Hall–Kier alpha value is -1.97. The highest BCUT2D eigenvalue weighted by molar-refractivity contribution is 5.84. The summed E-state index contributed by atoms with van der Waals surface area (Å²) in [5, 5.41) is 12.6. The molecule has 0 unspecified atom stereocenters. The molecule has 0 bridgehead atoms. The highest BCUT2D eigenvalue weighted by Gasteiger charge is 2.50. The molecule has 4 rings (SSSR count). The average molecular weight is 344 g/mol. The number of ether oxygens (including phenoxy) is 2. The van der Waals surface area contributed by atoms with Crippen LogP contribution in [0, 0.1) is 23.1 Å². The Morgan fingerprint density at radius 1 is 1.24 bits per heavy atom. The second-order valence-electron chi connectivity index (χ2n) is 7.29. The minimum atomic E-state index is -0.854. The van der Waals surface area contributed by atoms with Crippen molar-refractivity contribution >= 4 is 5.91 Å². The normalized spacial score (nSPS) is 29.1. The van der Waals surface area contributed by atoms with Crippen LogP contribution in [0.25, 0.3) is 0 Å². The van der Waals surface area contributed by atoms with E-state index in [9.17, 15) is 14.4 Å². The third-order valence-electron chi connectivity index (χ3n) is 5.66. The van der Waals surface area contributed by atoms with Crippen molar-refractivity contribution in [1.29, 1.82) is 5.26 Å². The fourth-order valence-electron chi connectivity index (χ4n) is 4.03. The largest absolute Gasteiger partial charge is 0.348 e. The molecule has 2 saturated carbocycles. The molecule has 0 radical (unpaired) electrons. The van der Waals surface area contributed by atoms with Crippen molar-refractivity contribution in [3.05, 3.63) is 35.6 Å². The van der Waals surface area contributed by atoms with Gasteiger partial charge in [0.05, 0.1) is 19.3 Å². The second kappa shape index (κ2) is 6.08. The summed E-state index contributed by atoms with van der Waals surface area (Å²) in [5.74, 6) is -1.09. The Labute approximate surface area is 146 Å². The lowest BCUT2D eigenvalue weighted by Gasteiger charge is -2.40. The van der Waals surface area contributed by atoms with Gasteiger partial charge in [0.1, 0.15) is 11.4 Å². The van der Waals surface area contributed by atoms with E-state index in [1.54, 1.807) is 6.07 Å². The van der Waals surface area contributed by atoms with E-state index in [1.807, 2.05) is 6.07 Å². The lowest BCUT2D eigenvalue weighted by atomic mass is 9.79. The highest BCUT2D eigenvalue weighted by atomic mass is 19.1. The molecule has 1 heterocycles. The maximum absolute atomic E-state index is 13.3. The summed E-state index contributed by atoms with van der Waals surface area (Å²) in [5.41, 5.74) is -0.00582. The van der Waals surface area contributed by atoms with Gasteiger partial charge >= 0.3 is 0 Å². The zero-order valence-electron chi connectivity index (χ0n) is 14.0. The van der Waals surface area contributed by atoms with Crippen molar-refractivity contribution in [3.8, 4) is 6.07 Å². The van der Waals surface area contributed by atoms with E-state index < -0.39 is 11.3 Å². The van der Waals surface area contributed by atoms with E-state index >= 15 is 0 Å². The first-order valence-corrected chi connectivity index (χ1v) is 8.82. The molecule has 3 fully saturated rings. The number of carbonyl (C=O) groups is 1. The molecular weight excluding hydrogens is 323 g/mol. The number of halogens is 1. The molecule has 1 aliphatic heterocycles. The second-order valence-corrected chi connectivity index (χ2v) is 7.29. The molecule has 0 aromatic heterocycles. The number of nitrogens with zero attached hydrogens (tertiary/aromatic N) is 1. The SMILES string of the molecule is N#CC1(NC(=O)[C@H]2C[C@@H]2c2cccc(F)c2)CCC2(CC1)OCCO2. The minimum absolute atomic E-state index is 0.0443. The smallest absolute Gasteiger partial charge is 0.224 e. The Balaban J connectivity index is 1.38. The van der Waals surface area contributed by atoms with E-state index in [1.165, 1.54) is 12.1 Å². The lowest BCUT2D eigenvalue weighted by Crippen LogP contribution is -2.53. The first-order chi connectivity index (χ1) is 12.0. The minimum Gasteiger partial charge on any atom is -0.348 e. The van der Waals surface area contributed by atoms with Crippen LogP contribution < -0.4 is 5.32 Å². The molecule has 1 saturated heterocycles. The Bertz CT molecular complexity index is 714. The molecule has 3 aliphatic rings. The van der Waals surface area contributed by atoms with Gasteiger partial charge < -0.3 is 14.8 Å². The topological polar surface area (TPSA) is 71.4 Å². The summed E-state index contributed by atoms with van der Waals surface area (Å²) < 4.78 is 24.7. The van der Waals surface area contributed by atoms with Crippen molar-refractivity contribution in [2.75, 3.05) is 13.2 Å². The summed E-state index contributed by atoms with van der Waals surface area (Å²) in [6, 6.07) is 8.69. The van der Waals surface area contributed by atoms with Crippen LogP contribution in [0.5, 0.6) is 0 Å². The molecule has 1 amide bonds. The number of nitrogens with one attached hydrogen (secondary N) is 1. The number of hydrogen-bond acceptors (Lipinski definition) is 4. The molecule has 25 heavy (non-hydrogen) atoms. The number of nitriles is 1. The zero-order valence-corrected chi connectivity index (χ0v) is 14.0. The number of rotatable bonds is 3. The van der Waals surface area contributed by atoms with Gasteiger partial charge in [-0.15, -0.1) is 0 Å². The standard InChI is InChI=1S/C19H21FN2O3/c20-14-3-1-2-13(10-14)15-11-16(15)17(23)22-18(12-21)4-6-19(7-5-18)24-8-9-25-19/h1-3,10,15-16H,4-9,11H2,(H,22,23)/t15-,16+/m1/s1. The fraction of sp³-hybridized carbons (Fsp3) is 0.579. The van der Waals surface area contributed by atoms with Crippen LogP contribution in [0.4, 0.5) is 4.39 Å². The zero-order chi connectivity index (χ0) is 17.5. The predicted molar refractivity (Wildman–Crippen MR) is 86.8 cm³/mol. The molecule has 1 aromatic carbocycles. The van der Waals surface area contributed by atoms with E-state index in [-0.39, 0.29) is 23.6 Å². The van der Waals surface area contributed by atoms with Crippen molar-refractivity contribution in [1.82, 2.24) is 5.32 Å². The fourth-order valence-corrected chi connectivity index (χ4v) is 4.03.